The number of carboxylic acids is 1. The topological polar surface area (TPSA) is 232 Å². The maximum atomic E-state index is 13.5. The number of carbonyl (C=O) groups excluding carboxylic acids is 2. The van der Waals surface area contributed by atoms with Crippen LogP contribution in [0, 0.1) is 13.8 Å². The van der Waals surface area contributed by atoms with Gasteiger partial charge in [-0.2, -0.15) is 4.73 Å². The van der Waals surface area contributed by atoms with Crippen molar-refractivity contribution in [1.29, 1.82) is 0 Å². The van der Waals surface area contributed by atoms with Crippen LogP contribution in [-0.4, -0.2) is 98.3 Å². The molecule has 16 nitrogen and oxygen atoms in total. The number of hydrogen-bond acceptors (Lipinski definition) is 13. The van der Waals surface area contributed by atoms with Gasteiger partial charge in [0.2, 0.25) is 18.4 Å². The SMILES string of the molecule is Cc1cc(C)cc(-c2c3[nH]ccc3cn2O[C@@H]2[C@@H](Oc3ccc4c(=O)c(-c5ccc(O)cc5)coc4c3)O[C@@H](COC(=O)[C@H](NCCC=O)C(=O)O)[C@H](O)[C@H]2O)c1. The standard InChI is InChI=1S/C41H39N3O13/c1-21-14-22(2)16-25(15-21)34-32-24(10-12-43-32)18-44(34)57-38-37(49)36(48)31(20-54-40(52)33(39(50)51)42-11-3-13-45)56-41(38)55-27-8-9-28-30(17-27)53-19-29(35(28)47)23-4-6-26(46)7-5-23/h4-10,12-19,31,33,36-38,41-43,46,48-49H,3,11,20H2,1-2H3,(H,50,51)/t31-,33+,36-,37+,38-,41-/m0/s1. The number of phenolic OH excluding ortho intramolecular Hbond substituents is 1. The second kappa shape index (κ2) is 16.3. The van der Waals surface area contributed by atoms with E-state index in [-0.39, 0.29) is 46.4 Å². The molecular formula is C41H39N3O13. The number of nitrogens with one attached hydrogen (secondary N) is 2. The Labute approximate surface area is 323 Å². The third-order valence-corrected chi connectivity index (χ3v) is 9.53. The Hall–Kier alpha value is -6.46. The number of aliphatic hydroxyl groups is 2. The summed E-state index contributed by atoms with van der Waals surface area (Å²) in [5.41, 5.74) is 4.74. The van der Waals surface area contributed by atoms with E-state index in [2.05, 4.69) is 10.3 Å². The summed E-state index contributed by atoms with van der Waals surface area (Å²) in [4.78, 5) is 58.4. The van der Waals surface area contributed by atoms with E-state index in [1.807, 2.05) is 38.1 Å². The van der Waals surface area contributed by atoms with Crippen molar-refractivity contribution in [3.63, 3.8) is 0 Å². The number of rotatable bonds is 14. The number of aromatic nitrogens is 2. The van der Waals surface area contributed by atoms with E-state index in [0.717, 1.165) is 27.6 Å². The highest BCUT2D eigenvalue weighted by molar-refractivity contribution is 5.98. The zero-order valence-electron chi connectivity index (χ0n) is 30.7. The molecule has 3 aromatic carbocycles. The Kier molecular flexibility index (Phi) is 11.1. The number of aryl methyl sites for hydroxylation is 2. The van der Waals surface area contributed by atoms with Gasteiger partial charge in [0, 0.05) is 36.2 Å². The van der Waals surface area contributed by atoms with Gasteiger partial charge in [-0.3, -0.25) is 10.1 Å². The predicted molar refractivity (Wildman–Crippen MR) is 204 cm³/mol. The lowest BCUT2D eigenvalue weighted by molar-refractivity contribution is -0.287. The van der Waals surface area contributed by atoms with Gasteiger partial charge in [-0.1, -0.05) is 29.3 Å². The maximum absolute atomic E-state index is 13.5. The summed E-state index contributed by atoms with van der Waals surface area (Å²) >= 11 is 0. The van der Waals surface area contributed by atoms with Crippen LogP contribution in [0.25, 0.3) is 44.3 Å². The highest BCUT2D eigenvalue weighted by Crippen LogP contribution is 2.33. The van der Waals surface area contributed by atoms with Gasteiger partial charge in [-0.15, -0.1) is 0 Å². The molecule has 0 bridgehead atoms. The molecule has 0 saturated carbocycles. The number of aldehydes is 1. The second-order valence-electron chi connectivity index (χ2n) is 13.7. The van der Waals surface area contributed by atoms with E-state index in [1.165, 1.54) is 41.3 Å². The van der Waals surface area contributed by atoms with Gasteiger partial charge < -0.3 is 53.7 Å². The predicted octanol–water partition coefficient (Wildman–Crippen LogP) is 3.23. The molecule has 4 heterocycles. The molecule has 1 fully saturated rings. The average molecular weight is 782 g/mol. The van der Waals surface area contributed by atoms with Gasteiger partial charge in [0.25, 0.3) is 0 Å². The lowest BCUT2D eigenvalue weighted by Crippen LogP contribution is -2.63. The van der Waals surface area contributed by atoms with Gasteiger partial charge >= 0.3 is 11.9 Å². The van der Waals surface area contributed by atoms with E-state index in [4.69, 9.17) is 23.5 Å². The molecule has 7 rings (SSSR count). The average Bonchev–Trinajstić information content (AvgIpc) is 3.77. The molecule has 3 aromatic heterocycles. The fourth-order valence-electron chi connectivity index (χ4n) is 6.80. The van der Waals surface area contributed by atoms with Crippen molar-refractivity contribution in [2.24, 2.45) is 0 Å². The van der Waals surface area contributed by atoms with Gasteiger partial charge in [0.15, 0.2) is 5.43 Å². The fraction of sp³-hybridized carbons (Fsp3) is 0.268. The molecule has 1 saturated heterocycles. The summed E-state index contributed by atoms with van der Waals surface area (Å²) in [6.45, 7) is 3.12. The van der Waals surface area contributed by atoms with Crippen LogP contribution in [0.2, 0.25) is 0 Å². The first-order valence-corrected chi connectivity index (χ1v) is 18.0. The van der Waals surface area contributed by atoms with Crippen molar-refractivity contribution in [2.45, 2.75) is 57.0 Å². The molecule has 16 heteroatoms. The fourth-order valence-corrected chi connectivity index (χ4v) is 6.80. The number of carbonyl (C=O) groups is 3. The minimum Gasteiger partial charge on any atom is -0.508 e. The number of phenols is 1. The number of benzene rings is 3. The molecule has 0 spiro atoms. The van der Waals surface area contributed by atoms with Crippen LogP contribution in [0.3, 0.4) is 0 Å². The van der Waals surface area contributed by atoms with Crippen LogP contribution < -0.4 is 20.3 Å². The van der Waals surface area contributed by atoms with Crippen LogP contribution in [-0.2, 0) is 23.9 Å². The van der Waals surface area contributed by atoms with Gasteiger partial charge in [0.05, 0.1) is 22.7 Å². The molecule has 0 radical (unpaired) electrons. The van der Waals surface area contributed by atoms with Crippen molar-refractivity contribution in [3.8, 4) is 33.9 Å². The molecule has 1 aliphatic rings. The molecular weight excluding hydrogens is 742 g/mol. The van der Waals surface area contributed by atoms with Crippen LogP contribution in [0.4, 0.5) is 0 Å². The number of aromatic hydroxyl groups is 1. The van der Waals surface area contributed by atoms with Crippen molar-refractivity contribution in [3.05, 3.63) is 107 Å². The lowest BCUT2D eigenvalue weighted by Gasteiger charge is -2.41. The number of aliphatic hydroxyl groups excluding tert-OH is 2. The van der Waals surface area contributed by atoms with E-state index >= 15 is 0 Å². The Morgan fingerprint density at radius 2 is 1.75 bits per heavy atom. The Bertz CT molecular complexity index is 2470. The largest absolute Gasteiger partial charge is 0.508 e. The van der Waals surface area contributed by atoms with Crippen LogP contribution >= 0.6 is 0 Å². The van der Waals surface area contributed by atoms with Gasteiger partial charge in [-0.05, 0) is 61.9 Å². The highest BCUT2D eigenvalue weighted by atomic mass is 16.8. The molecule has 57 heavy (non-hydrogen) atoms. The van der Waals surface area contributed by atoms with Crippen molar-refractivity contribution < 1.29 is 58.3 Å². The van der Waals surface area contributed by atoms with Crippen molar-refractivity contribution >= 4 is 40.1 Å². The molecule has 0 aliphatic carbocycles. The third kappa shape index (κ3) is 8.10. The van der Waals surface area contributed by atoms with E-state index in [0.29, 0.717) is 17.5 Å². The van der Waals surface area contributed by atoms with Gasteiger partial charge in [0.1, 0.15) is 60.2 Å². The van der Waals surface area contributed by atoms with Gasteiger partial charge in [-0.25, -0.2) is 9.59 Å². The zero-order valence-corrected chi connectivity index (χ0v) is 30.7. The molecule has 296 valence electrons. The number of nitrogens with zero attached hydrogens (tertiary/aromatic N) is 1. The molecule has 6 N–H and O–H groups in total. The van der Waals surface area contributed by atoms with E-state index in [1.54, 1.807) is 24.5 Å². The normalized spacial score (nSPS) is 20.0. The maximum Gasteiger partial charge on any atom is 0.334 e. The Balaban J connectivity index is 1.21. The first-order chi connectivity index (χ1) is 27.4. The number of ether oxygens (including phenoxy) is 3. The quantitative estimate of drug-likeness (QED) is 0.0404. The number of aliphatic carboxylic acids is 1. The summed E-state index contributed by atoms with van der Waals surface area (Å²) in [6.07, 6.45) is -2.58. The highest BCUT2D eigenvalue weighted by Gasteiger charge is 2.49. The van der Waals surface area contributed by atoms with Crippen molar-refractivity contribution in [1.82, 2.24) is 15.0 Å². The number of H-pyrrole nitrogens is 1. The summed E-state index contributed by atoms with van der Waals surface area (Å²) in [7, 11) is 0. The smallest absolute Gasteiger partial charge is 0.334 e. The zero-order chi connectivity index (χ0) is 40.4. The van der Waals surface area contributed by atoms with Crippen LogP contribution in [0.5, 0.6) is 11.5 Å². The van der Waals surface area contributed by atoms with E-state index in [9.17, 15) is 39.6 Å². The van der Waals surface area contributed by atoms with E-state index < -0.39 is 55.3 Å². The number of hydrogen-bond donors (Lipinski definition) is 6. The molecule has 6 atom stereocenters. The second-order valence-corrected chi connectivity index (χ2v) is 13.7. The van der Waals surface area contributed by atoms with Crippen LogP contribution in [0.15, 0.2) is 94.6 Å². The minimum atomic E-state index is -1.82. The third-order valence-electron chi connectivity index (χ3n) is 9.53. The molecule has 6 aromatic rings. The molecule has 0 amide bonds. The van der Waals surface area contributed by atoms with Crippen molar-refractivity contribution in [2.75, 3.05) is 13.2 Å². The summed E-state index contributed by atoms with van der Waals surface area (Å²) in [5, 5.41) is 45.6. The van der Waals surface area contributed by atoms with Crippen LogP contribution in [0.1, 0.15) is 17.5 Å². The number of aromatic amines is 1. The lowest BCUT2D eigenvalue weighted by atomic mass is 9.99. The first kappa shape index (κ1) is 38.8. The summed E-state index contributed by atoms with van der Waals surface area (Å²) < 4.78 is 24.9. The molecule has 1 aliphatic heterocycles. The first-order valence-electron chi connectivity index (χ1n) is 18.0. The summed E-state index contributed by atoms with van der Waals surface area (Å²) in [5.74, 6) is -2.61. The Morgan fingerprint density at radius 3 is 2.47 bits per heavy atom. The number of carboxylic acid groups (broad SMARTS) is 1. The number of fused-ring (bicyclic) bond motifs is 2. The monoisotopic (exact) mass is 781 g/mol. The number of esters is 1. The Morgan fingerprint density at radius 1 is 1.00 bits per heavy atom. The molecule has 0 unspecified atom stereocenters. The minimum absolute atomic E-state index is 0.0411. The summed E-state index contributed by atoms with van der Waals surface area (Å²) in [6, 6.07) is 16.5.